The van der Waals surface area contributed by atoms with Gasteiger partial charge in [0.2, 0.25) is 5.91 Å². The van der Waals surface area contributed by atoms with E-state index in [1.54, 1.807) is 42.5 Å². The number of nitrogens with one attached hydrogen (secondary N) is 2. The van der Waals surface area contributed by atoms with Gasteiger partial charge in [-0.3, -0.25) is 20.4 Å². The summed E-state index contributed by atoms with van der Waals surface area (Å²) in [5.41, 5.74) is 5.09. The lowest BCUT2D eigenvalue weighted by Crippen LogP contribution is -2.42. The summed E-state index contributed by atoms with van der Waals surface area (Å²) >= 11 is 0.934. The summed E-state index contributed by atoms with van der Waals surface area (Å²) in [6.07, 6.45) is -2.28. The number of aromatic nitrogens is 2. The lowest BCUT2D eigenvalue weighted by Gasteiger charge is -2.11. The topological polar surface area (TPSA) is 97.1 Å². The minimum absolute atomic E-state index is 0.159. The normalized spacial score (nSPS) is 11.4. The van der Waals surface area contributed by atoms with Gasteiger partial charge in [0.15, 0.2) is 5.76 Å². The second-order valence-electron chi connectivity index (χ2n) is 6.72. The maximum Gasteiger partial charge on any atom is 0.417 e. The molecular formula is C22H15F3N4O3S. The van der Waals surface area contributed by atoms with E-state index < -0.39 is 23.6 Å². The lowest BCUT2D eigenvalue weighted by atomic mass is 10.1. The number of rotatable bonds is 5. The average molecular weight is 472 g/mol. The van der Waals surface area contributed by atoms with Crippen molar-refractivity contribution >= 4 is 34.5 Å². The molecule has 4 rings (SSSR count). The molecule has 4 aromatic rings. The number of para-hydroxylation sites is 1. The number of benzene rings is 1. The summed E-state index contributed by atoms with van der Waals surface area (Å²) in [5.74, 6) is -0.792. The zero-order valence-corrected chi connectivity index (χ0v) is 17.5. The minimum Gasteiger partial charge on any atom is -0.463 e. The Bertz CT molecular complexity index is 1290. The van der Waals surface area contributed by atoms with Gasteiger partial charge < -0.3 is 4.42 Å². The first kappa shape index (κ1) is 22.3. The first-order valence-electron chi connectivity index (χ1n) is 9.50. The fraction of sp³-hybridized carbons (Fsp3) is 0.0909. The van der Waals surface area contributed by atoms with Crippen molar-refractivity contribution in [3.05, 3.63) is 78.2 Å². The number of halogens is 3. The van der Waals surface area contributed by atoms with Crippen LogP contribution in [0.25, 0.3) is 22.4 Å². The maximum atomic E-state index is 12.8. The Morgan fingerprint density at radius 1 is 1.03 bits per heavy atom. The van der Waals surface area contributed by atoms with Crippen molar-refractivity contribution in [3.8, 4) is 11.5 Å². The summed E-state index contributed by atoms with van der Waals surface area (Å²) in [7, 11) is 0. The molecule has 0 atom stereocenters. The van der Waals surface area contributed by atoms with Crippen LogP contribution in [0.4, 0.5) is 13.2 Å². The predicted molar refractivity (Wildman–Crippen MR) is 115 cm³/mol. The van der Waals surface area contributed by atoms with Crippen LogP contribution in [0.2, 0.25) is 0 Å². The number of pyridine rings is 2. The quantitative estimate of drug-likeness (QED) is 0.329. The lowest BCUT2D eigenvalue weighted by molar-refractivity contribution is -0.137. The van der Waals surface area contributed by atoms with Crippen LogP contribution in [0.3, 0.4) is 0 Å². The van der Waals surface area contributed by atoms with Gasteiger partial charge in [-0.2, -0.15) is 13.2 Å². The van der Waals surface area contributed by atoms with Gasteiger partial charge >= 0.3 is 6.18 Å². The highest BCUT2D eigenvalue weighted by Crippen LogP contribution is 2.29. The van der Waals surface area contributed by atoms with Crippen LogP contribution in [-0.4, -0.2) is 27.5 Å². The number of amides is 2. The number of fused-ring (bicyclic) bond motifs is 1. The molecule has 0 radical (unpaired) electrons. The monoisotopic (exact) mass is 472 g/mol. The highest BCUT2D eigenvalue weighted by Gasteiger charge is 2.30. The molecule has 33 heavy (non-hydrogen) atoms. The molecule has 2 amide bonds. The Labute approximate surface area is 189 Å². The Balaban J connectivity index is 1.41. The van der Waals surface area contributed by atoms with E-state index in [0.717, 1.165) is 17.8 Å². The van der Waals surface area contributed by atoms with Crippen LogP contribution in [-0.2, 0) is 11.0 Å². The van der Waals surface area contributed by atoms with Gasteiger partial charge in [0.05, 0.1) is 33.7 Å². The molecule has 0 aliphatic carbocycles. The van der Waals surface area contributed by atoms with Crippen molar-refractivity contribution < 1.29 is 27.2 Å². The van der Waals surface area contributed by atoms with E-state index in [2.05, 4.69) is 20.8 Å². The summed E-state index contributed by atoms with van der Waals surface area (Å²) in [4.78, 5) is 33.1. The van der Waals surface area contributed by atoms with Gasteiger partial charge in [0.1, 0.15) is 5.69 Å². The fourth-order valence-electron chi connectivity index (χ4n) is 2.92. The fourth-order valence-corrected chi connectivity index (χ4v) is 3.56. The molecule has 0 fully saturated rings. The molecule has 0 aliphatic heterocycles. The molecule has 0 saturated carbocycles. The zero-order chi connectivity index (χ0) is 23.4. The van der Waals surface area contributed by atoms with E-state index in [-0.39, 0.29) is 16.3 Å². The Hall–Kier alpha value is -3.86. The highest BCUT2D eigenvalue weighted by molar-refractivity contribution is 7.99. The van der Waals surface area contributed by atoms with E-state index in [9.17, 15) is 22.8 Å². The van der Waals surface area contributed by atoms with Crippen LogP contribution < -0.4 is 10.9 Å². The average Bonchev–Trinajstić information content (AvgIpc) is 3.35. The van der Waals surface area contributed by atoms with Gasteiger partial charge in [-0.1, -0.05) is 30.0 Å². The van der Waals surface area contributed by atoms with Crippen LogP contribution in [0.5, 0.6) is 0 Å². The second-order valence-corrected chi connectivity index (χ2v) is 7.72. The van der Waals surface area contributed by atoms with Crippen LogP contribution in [0.15, 0.2) is 76.5 Å². The zero-order valence-electron chi connectivity index (χ0n) is 16.7. The number of thioether (sulfide) groups is 1. The van der Waals surface area contributed by atoms with Gasteiger partial charge in [0.25, 0.3) is 5.91 Å². The van der Waals surface area contributed by atoms with E-state index in [0.29, 0.717) is 28.6 Å². The third-order valence-corrected chi connectivity index (χ3v) is 5.41. The number of carbonyl (C=O) groups excluding carboxylic acids is 2. The summed E-state index contributed by atoms with van der Waals surface area (Å²) in [5, 5.41) is 0.829. The summed E-state index contributed by atoms with van der Waals surface area (Å²) in [6.45, 7) is 0. The predicted octanol–water partition coefficient (Wildman–Crippen LogP) is 4.46. The number of nitrogens with zero attached hydrogens (tertiary/aromatic N) is 2. The largest absolute Gasteiger partial charge is 0.463 e. The Morgan fingerprint density at radius 2 is 1.85 bits per heavy atom. The number of furan rings is 1. The van der Waals surface area contributed by atoms with Crippen LogP contribution in [0, 0.1) is 0 Å². The van der Waals surface area contributed by atoms with Crippen LogP contribution >= 0.6 is 11.8 Å². The number of carbonyl (C=O) groups is 2. The van der Waals surface area contributed by atoms with Gasteiger partial charge in [0, 0.05) is 11.6 Å². The molecule has 2 N–H and O–H groups in total. The number of hydrazine groups is 1. The van der Waals surface area contributed by atoms with Crippen molar-refractivity contribution in [2.24, 2.45) is 0 Å². The first-order valence-corrected chi connectivity index (χ1v) is 10.5. The molecule has 3 heterocycles. The molecule has 0 unspecified atom stereocenters. The third-order valence-electron chi connectivity index (χ3n) is 4.46. The second kappa shape index (κ2) is 9.33. The molecule has 0 aliphatic rings. The highest BCUT2D eigenvalue weighted by atomic mass is 32.2. The molecule has 0 bridgehead atoms. The Morgan fingerprint density at radius 3 is 2.55 bits per heavy atom. The standard InChI is InChI=1S/C22H15F3N4O3S/c23-22(24,25)13-7-8-20(26-11-13)33-12-19(30)28-29-21(31)15-10-17(18-6-3-9-32-18)27-16-5-2-1-4-14(15)16/h1-11H,12H2,(H,28,30)(H,29,31). The van der Waals surface area contributed by atoms with Crippen molar-refractivity contribution in [1.82, 2.24) is 20.8 Å². The van der Waals surface area contributed by atoms with Crippen molar-refractivity contribution in [1.29, 1.82) is 0 Å². The van der Waals surface area contributed by atoms with Crippen molar-refractivity contribution in [2.75, 3.05) is 5.75 Å². The maximum absolute atomic E-state index is 12.8. The first-order chi connectivity index (χ1) is 15.8. The molecule has 0 spiro atoms. The molecule has 168 valence electrons. The van der Waals surface area contributed by atoms with Crippen molar-refractivity contribution in [2.45, 2.75) is 11.2 Å². The molecule has 3 aromatic heterocycles. The summed E-state index contributed by atoms with van der Waals surface area (Å²) < 4.78 is 43.1. The third kappa shape index (κ3) is 5.32. The van der Waals surface area contributed by atoms with E-state index in [1.165, 1.54) is 12.3 Å². The Kier molecular flexibility index (Phi) is 6.31. The number of hydrogen-bond donors (Lipinski definition) is 2. The van der Waals surface area contributed by atoms with Crippen LogP contribution in [0.1, 0.15) is 15.9 Å². The molecular weight excluding hydrogens is 457 g/mol. The van der Waals surface area contributed by atoms with Gasteiger partial charge in [-0.05, 0) is 36.4 Å². The van der Waals surface area contributed by atoms with E-state index >= 15 is 0 Å². The smallest absolute Gasteiger partial charge is 0.417 e. The number of alkyl halides is 3. The molecule has 1 aromatic carbocycles. The van der Waals surface area contributed by atoms with Gasteiger partial charge in [-0.15, -0.1) is 0 Å². The van der Waals surface area contributed by atoms with Crippen molar-refractivity contribution in [3.63, 3.8) is 0 Å². The SMILES string of the molecule is O=C(CSc1ccc(C(F)(F)F)cn1)NNC(=O)c1cc(-c2ccco2)nc2ccccc12. The summed E-state index contributed by atoms with van der Waals surface area (Å²) in [6, 6.07) is 14.1. The number of hydrogen-bond acceptors (Lipinski definition) is 6. The molecule has 0 saturated heterocycles. The minimum atomic E-state index is -4.48. The molecule has 7 nitrogen and oxygen atoms in total. The molecule has 11 heteroatoms. The van der Waals surface area contributed by atoms with E-state index in [1.807, 2.05) is 0 Å². The van der Waals surface area contributed by atoms with Gasteiger partial charge in [-0.25, -0.2) is 9.97 Å². The van der Waals surface area contributed by atoms with E-state index in [4.69, 9.17) is 4.42 Å².